The molecule has 1 aliphatic rings. The lowest BCUT2D eigenvalue weighted by Gasteiger charge is -2.16. The van der Waals surface area contributed by atoms with Gasteiger partial charge in [-0.05, 0) is 44.1 Å². The van der Waals surface area contributed by atoms with E-state index in [1.807, 2.05) is 18.7 Å². The van der Waals surface area contributed by atoms with Gasteiger partial charge in [-0.1, -0.05) is 19.9 Å². The Morgan fingerprint density at radius 3 is 2.14 bits per heavy atom. The van der Waals surface area contributed by atoms with Gasteiger partial charge >= 0.3 is 6.18 Å². The first-order chi connectivity index (χ1) is 9.70. The second kappa shape index (κ2) is 7.75. The molecule has 0 bridgehead atoms. The fraction of sp³-hybridized carbons (Fsp3) is 0.600. The molecule has 0 radical (unpaired) electrons. The van der Waals surface area contributed by atoms with Crippen LogP contribution in [0.1, 0.15) is 37.8 Å². The summed E-state index contributed by atoms with van der Waals surface area (Å²) in [6.45, 7) is 6.06. The molecule has 6 heteroatoms. The SMILES string of the molecule is CC(C)N.Fc1cc(C(F)(F)F)ccc1CN1CCCC1. The monoisotopic (exact) mass is 306 g/mol. The van der Waals surface area contributed by atoms with Crippen LogP contribution in [0.2, 0.25) is 0 Å². The molecule has 120 valence electrons. The third kappa shape index (κ3) is 6.44. The van der Waals surface area contributed by atoms with Crippen LogP contribution >= 0.6 is 0 Å². The fourth-order valence-corrected chi connectivity index (χ4v) is 2.03. The molecule has 0 unspecified atom stereocenters. The molecule has 1 heterocycles. The summed E-state index contributed by atoms with van der Waals surface area (Å²) in [7, 11) is 0. The summed E-state index contributed by atoms with van der Waals surface area (Å²) in [5.41, 5.74) is 4.51. The van der Waals surface area contributed by atoms with Gasteiger partial charge in [0.15, 0.2) is 0 Å². The van der Waals surface area contributed by atoms with Gasteiger partial charge in [-0.3, -0.25) is 4.90 Å². The lowest BCUT2D eigenvalue weighted by Crippen LogP contribution is -2.19. The van der Waals surface area contributed by atoms with Gasteiger partial charge < -0.3 is 5.73 Å². The van der Waals surface area contributed by atoms with E-state index in [0.717, 1.165) is 32.0 Å². The van der Waals surface area contributed by atoms with E-state index in [2.05, 4.69) is 0 Å². The Bertz CT molecular complexity index is 435. The summed E-state index contributed by atoms with van der Waals surface area (Å²) in [5.74, 6) is -0.772. The number of likely N-dealkylation sites (tertiary alicyclic amines) is 1. The van der Waals surface area contributed by atoms with E-state index in [9.17, 15) is 17.6 Å². The van der Waals surface area contributed by atoms with Crippen molar-refractivity contribution in [3.8, 4) is 0 Å². The van der Waals surface area contributed by atoms with Gasteiger partial charge in [0.05, 0.1) is 5.56 Å². The maximum atomic E-state index is 13.5. The van der Waals surface area contributed by atoms with Gasteiger partial charge in [-0.2, -0.15) is 13.2 Å². The van der Waals surface area contributed by atoms with Crippen LogP contribution in [0.3, 0.4) is 0 Å². The number of nitrogens with two attached hydrogens (primary N) is 1. The normalized spacial score (nSPS) is 16.0. The smallest absolute Gasteiger partial charge is 0.328 e. The molecule has 0 amide bonds. The van der Waals surface area contributed by atoms with Gasteiger partial charge in [0.2, 0.25) is 0 Å². The first-order valence-corrected chi connectivity index (χ1v) is 7.03. The summed E-state index contributed by atoms with van der Waals surface area (Å²) in [5, 5.41) is 0. The average molecular weight is 306 g/mol. The predicted molar refractivity (Wildman–Crippen MR) is 75.2 cm³/mol. The van der Waals surface area contributed by atoms with Crippen LogP contribution in [-0.2, 0) is 12.7 Å². The summed E-state index contributed by atoms with van der Waals surface area (Å²) in [6.07, 6.45) is -2.34. The molecule has 2 nitrogen and oxygen atoms in total. The third-order valence-electron chi connectivity index (χ3n) is 2.97. The van der Waals surface area contributed by atoms with Crippen LogP contribution in [0.25, 0.3) is 0 Å². The Balaban J connectivity index is 0.000000491. The Hall–Kier alpha value is -1.14. The van der Waals surface area contributed by atoms with Gasteiger partial charge in [0, 0.05) is 12.1 Å². The molecule has 0 aliphatic carbocycles. The van der Waals surface area contributed by atoms with Crippen molar-refractivity contribution >= 4 is 0 Å². The lowest BCUT2D eigenvalue weighted by molar-refractivity contribution is -0.137. The third-order valence-corrected chi connectivity index (χ3v) is 2.97. The van der Waals surface area contributed by atoms with Crippen LogP contribution in [0.4, 0.5) is 17.6 Å². The van der Waals surface area contributed by atoms with Gasteiger partial charge in [0.1, 0.15) is 5.82 Å². The maximum Gasteiger partial charge on any atom is 0.416 e. The van der Waals surface area contributed by atoms with Gasteiger partial charge in [-0.25, -0.2) is 4.39 Å². The summed E-state index contributed by atoms with van der Waals surface area (Å²) in [4.78, 5) is 2.05. The largest absolute Gasteiger partial charge is 0.416 e. The molecule has 0 aromatic heterocycles. The van der Waals surface area contributed by atoms with E-state index < -0.39 is 17.6 Å². The maximum absolute atomic E-state index is 13.5. The number of hydrogen-bond donors (Lipinski definition) is 1. The summed E-state index contributed by atoms with van der Waals surface area (Å²) in [6, 6.07) is 3.08. The van der Waals surface area contributed by atoms with Crippen molar-refractivity contribution in [2.24, 2.45) is 5.73 Å². The highest BCUT2D eigenvalue weighted by atomic mass is 19.4. The van der Waals surface area contributed by atoms with Crippen molar-refractivity contribution in [3.05, 3.63) is 35.1 Å². The minimum absolute atomic E-state index is 0.333. The molecule has 1 fully saturated rings. The first kappa shape index (κ1) is 17.9. The molecule has 1 aliphatic heterocycles. The molecule has 0 saturated carbocycles. The van der Waals surface area contributed by atoms with E-state index >= 15 is 0 Å². The Morgan fingerprint density at radius 1 is 1.19 bits per heavy atom. The summed E-state index contributed by atoms with van der Waals surface area (Å²) >= 11 is 0. The second-order valence-electron chi connectivity index (χ2n) is 5.53. The van der Waals surface area contributed by atoms with Crippen molar-refractivity contribution in [1.82, 2.24) is 4.90 Å². The number of alkyl halides is 3. The lowest BCUT2D eigenvalue weighted by atomic mass is 10.1. The van der Waals surface area contributed by atoms with E-state index in [-0.39, 0.29) is 0 Å². The number of benzene rings is 1. The molecule has 1 aromatic rings. The molecule has 2 rings (SSSR count). The Kier molecular flexibility index (Phi) is 6.61. The van der Waals surface area contributed by atoms with Crippen molar-refractivity contribution in [1.29, 1.82) is 0 Å². The van der Waals surface area contributed by atoms with Crippen molar-refractivity contribution < 1.29 is 17.6 Å². The molecular weight excluding hydrogens is 284 g/mol. The van der Waals surface area contributed by atoms with Crippen LogP contribution < -0.4 is 5.73 Å². The number of halogens is 4. The molecule has 0 atom stereocenters. The quantitative estimate of drug-likeness (QED) is 0.842. The van der Waals surface area contributed by atoms with Gasteiger partial charge in [0.25, 0.3) is 0 Å². The van der Waals surface area contributed by atoms with Crippen LogP contribution in [0.15, 0.2) is 18.2 Å². The van der Waals surface area contributed by atoms with E-state index in [1.165, 1.54) is 6.07 Å². The molecule has 1 aromatic carbocycles. The summed E-state index contributed by atoms with van der Waals surface area (Å²) < 4.78 is 50.5. The topological polar surface area (TPSA) is 29.3 Å². The number of rotatable bonds is 2. The van der Waals surface area contributed by atoms with Gasteiger partial charge in [-0.15, -0.1) is 0 Å². The van der Waals surface area contributed by atoms with Crippen molar-refractivity contribution in [2.45, 2.75) is 45.5 Å². The van der Waals surface area contributed by atoms with E-state index in [0.29, 0.717) is 24.2 Å². The van der Waals surface area contributed by atoms with E-state index in [4.69, 9.17) is 5.73 Å². The van der Waals surface area contributed by atoms with Crippen LogP contribution in [0, 0.1) is 5.82 Å². The first-order valence-electron chi connectivity index (χ1n) is 7.03. The van der Waals surface area contributed by atoms with Crippen molar-refractivity contribution in [2.75, 3.05) is 13.1 Å². The van der Waals surface area contributed by atoms with Crippen molar-refractivity contribution in [3.63, 3.8) is 0 Å². The highest BCUT2D eigenvalue weighted by Crippen LogP contribution is 2.30. The minimum atomic E-state index is -4.48. The fourth-order valence-electron chi connectivity index (χ4n) is 2.03. The van der Waals surface area contributed by atoms with Crippen LogP contribution in [0.5, 0.6) is 0 Å². The minimum Gasteiger partial charge on any atom is -0.328 e. The molecule has 1 saturated heterocycles. The number of hydrogen-bond acceptors (Lipinski definition) is 2. The average Bonchev–Trinajstić information content (AvgIpc) is 2.82. The predicted octanol–water partition coefficient (Wildman–Crippen LogP) is 3.79. The zero-order valence-electron chi connectivity index (χ0n) is 12.4. The molecule has 2 N–H and O–H groups in total. The second-order valence-corrected chi connectivity index (χ2v) is 5.53. The highest BCUT2D eigenvalue weighted by molar-refractivity contribution is 5.26. The Labute approximate surface area is 122 Å². The number of nitrogens with zero attached hydrogens (tertiary/aromatic N) is 1. The Morgan fingerprint density at radius 2 is 1.71 bits per heavy atom. The molecule has 21 heavy (non-hydrogen) atoms. The van der Waals surface area contributed by atoms with Crippen LogP contribution in [-0.4, -0.2) is 24.0 Å². The molecule has 0 spiro atoms. The molecular formula is C15H22F4N2. The standard InChI is InChI=1S/C12H13F4N.C3H9N/c13-11-7-10(12(14,15)16)4-3-9(11)8-17-5-1-2-6-17;1-3(2)4/h3-4,7H,1-2,5-6,8H2;3H,4H2,1-2H3. The zero-order valence-corrected chi connectivity index (χ0v) is 12.4. The highest BCUT2D eigenvalue weighted by Gasteiger charge is 2.31. The zero-order chi connectivity index (χ0) is 16.0. The van der Waals surface area contributed by atoms with E-state index in [1.54, 1.807) is 0 Å².